The largest absolute Gasteiger partial charge is 0.472 e. The molecule has 4 aromatic rings. The molecule has 0 aliphatic carbocycles. The number of nitriles is 1. The number of aliphatic hydroxyl groups is 3. The molecule has 4 unspecified atom stereocenters. The molecule has 1 fully saturated rings. The normalized spacial score (nSPS) is 20.4. The lowest BCUT2D eigenvalue weighted by Gasteiger charge is -2.32. The molecule has 5 rings (SSSR count). The number of aliphatic hydroxyl groups excluding tert-OH is 3. The van der Waals surface area contributed by atoms with Gasteiger partial charge in [0.25, 0.3) is 0 Å². The van der Waals surface area contributed by atoms with Crippen molar-refractivity contribution < 1.29 is 33.9 Å². The van der Waals surface area contributed by atoms with E-state index in [1.165, 1.54) is 0 Å². The average molecular weight is 503 g/mol. The quantitative estimate of drug-likeness (QED) is 0.305. The molecule has 37 heavy (non-hydrogen) atoms. The molecular formula is C28H26N2O7. The Balaban J connectivity index is 1.25. The van der Waals surface area contributed by atoms with E-state index in [2.05, 4.69) is 11.1 Å². The highest BCUT2D eigenvalue weighted by Crippen LogP contribution is 2.33. The SMILES string of the molecule is N#Cc1cc(-c2ccoc2)c2ccc(OCOC(O)c3cccc(C4CC(O)CC(CO)O4)n3)cc2c1. The van der Waals surface area contributed by atoms with Crippen LogP contribution in [0.5, 0.6) is 5.75 Å². The van der Waals surface area contributed by atoms with Crippen molar-refractivity contribution in [2.75, 3.05) is 13.4 Å². The highest BCUT2D eigenvalue weighted by molar-refractivity contribution is 5.98. The maximum absolute atomic E-state index is 10.5. The van der Waals surface area contributed by atoms with E-state index in [9.17, 15) is 20.6 Å². The number of ether oxygens (including phenoxy) is 3. The van der Waals surface area contributed by atoms with Gasteiger partial charge in [0, 0.05) is 18.4 Å². The van der Waals surface area contributed by atoms with Gasteiger partial charge < -0.3 is 33.9 Å². The van der Waals surface area contributed by atoms with Crippen LogP contribution in [0, 0.1) is 11.3 Å². The number of aromatic nitrogens is 1. The van der Waals surface area contributed by atoms with Gasteiger partial charge in [-0.25, -0.2) is 4.98 Å². The lowest BCUT2D eigenvalue weighted by atomic mass is 9.97. The van der Waals surface area contributed by atoms with Crippen LogP contribution < -0.4 is 4.74 Å². The summed E-state index contributed by atoms with van der Waals surface area (Å²) in [5.41, 5.74) is 3.07. The van der Waals surface area contributed by atoms with Crippen LogP contribution in [-0.4, -0.2) is 45.9 Å². The minimum Gasteiger partial charge on any atom is -0.472 e. The van der Waals surface area contributed by atoms with Crippen molar-refractivity contribution in [2.45, 2.75) is 37.4 Å². The van der Waals surface area contributed by atoms with Crippen LogP contribution in [0.25, 0.3) is 21.9 Å². The van der Waals surface area contributed by atoms with Crippen LogP contribution in [0.4, 0.5) is 0 Å². The van der Waals surface area contributed by atoms with Crippen LogP contribution in [-0.2, 0) is 9.47 Å². The molecule has 3 heterocycles. The molecule has 4 atom stereocenters. The summed E-state index contributed by atoms with van der Waals surface area (Å²) in [6, 6.07) is 18.2. The maximum Gasteiger partial charge on any atom is 0.202 e. The Morgan fingerprint density at radius 3 is 2.81 bits per heavy atom. The number of hydrogen-bond donors (Lipinski definition) is 3. The van der Waals surface area contributed by atoms with Crippen molar-refractivity contribution in [3.05, 3.63) is 84.1 Å². The Labute approximate surface area is 213 Å². The Morgan fingerprint density at radius 1 is 1.14 bits per heavy atom. The minimum atomic E-state index is -1.35. The second-order valence-electron chi connectivity index (χ2n) is 8.85. The molecule has 0 spiro atoms. The molecule has 1 aliphatic rings. The van der Waals surface area contributed by atoms with Gasteiger partial charge in [-0.2, -0.15) is 5.26 Å². The Morgan fingerprint density at radius 2 is 2.03 bits per heavy atom. The number of benzene rings is 2. The first kappa shape index (κ1) is 24.9. The molecule has 2 aromatic heterocycles. The summed E-state index contributed by atoms with van der Waals surface area (Å²) in [6.45, 7) is -0.427. The van der Waals surface area contributed by atoms with Gasteiger partial charge in [-0.1, -0.05) is 12.1 Å². The topological polar surface area (TPSA) is 138 Å². The highest BCUT2D eigenvalue weighted by atomic mass is 16.7. The van der Waals surface area contributed by atoms with E-state index in [1.54, 1.807) is 48.9 Å². The molecule has 9 nitrogen and oxygen atoms in total. The minimum absolute atomic E-state index is 0.187. The summed E-state index contributed by atoms with van der Waals surface area (Å²) >= 11 is 0. The van der Waals surface area contributed by atoms with E-state index in [0.29, 0.717) is 29.8 Å². The van der Waals surface area contributed by atoms with Gasteiger partial charge in [-0.15, -0.1) is 0 Å². The van der Waals surface area contributed by atoms with Crippen molar-refractivity contribution in [1.29, 1.82) is 5.26 Å². The molecule has 0 amide bonds. The molecule has 0 radical (unpaired) electrons. The third-order valence-corrected chi connectivity index (χ3v) is 6.29. The average Bonchev–Trinajstić information content (AvgIpc) is 3.47. The van der Waals surface area contributed by atoms with Gasteiger partial charge in [0.15, 0.2) is 6.79 Å². The number of furan rings is 1. The first-order valence-electron chi connectivity index (χ1n) is 11.9. The predicted molar refractivity (Wildman–Crippen MR) is 132 cm³/mol. The highest BCUT2D eigenvalue weighted by Gasteiger charge is 2.30. The zero-order valence-electron chi connectivity index (χ0n) is 19.9. The molecule has 3 N–H and O–H groups in total. The van der Waals surface area contributed by atoms with Crippen LogP contribution in [0.15, 0.2) is 71.5 Å². The summed E-state index contributed by atoms with van der Waals surface area (Å²) in [4.78, 5) is 4.43. The van der Waals surface area contributed by atoms with Crippen LogP contribution in [0.2, 0.25) is 0 Å². The second kappa shape index (κ2) is 11.1. The first-order valence-corrected chi connectivity index (χ1v) is 11.9. The van der Waals surface area contributed by atoms with Crippen molar-refractivity contribution in [3.63, 3.8) is 0 Å². The molecule has 190 valence electrons. The van der Waals surface area contributed by atoms with E-state index < -0.39 is 24.6 Å². The molecular weight excluding hydrogens is 476 g/mol. The number of rotatable bonds is 8. The summed E-state index contributed by atoms with van der Waals surface area (Å²) in [5, 5.41) is 41.2. The van der Waals surface area contributed by atoms with Crippen molar-refractivity contribution in [3.8, 4) is 22.9 Å². The van der Waals surface area contributed by atoms with Gasteiger partial charge in [0.2, 0.25) is 6.29 Å². The Bertz CT molecular complexity index is 1400. The maximum atomic E-state index is 10.5. The lowest BCUT2D eigenvalue weighted by Crippen LogP contribution is -2.33. The van der Waals surface area contributed by atoms with Gasteiger partial charge >= 0.3 is 0 Å². The van der Waals surface area contributed by atoms with E-state index in [1.807, 2.05) is 18.2 Å². The smallest absolute Gasteiger partial charge is 0.202 e. The van der Waals surface area contributed by atoms with Crippen molar-refractivity contribution >= 4 is 10.8 Å². The van der Waals surface area contributed by atoms with Crippen LogP contribution in [0.3, 0.4) is 0 Å². The summed E-state index contributed by atoms with van der Waals surface area (Å²) in [6.07, 6.45) is 1.04. The number of nitrogens with zero attached hydrogens (tertiary/aromatic N) is 2. The van der Waals surface area contributed by atoms with Gasteiger partial charge in [0.05, 0.1) is 54.4 Å². The summed E-state index contributed by atoms with van der Waals surface area (Å²) in [7, 11) is 0. The van der Waals surface area contributed by atoms with Gasteiger partial charge in [-0.05, 0) is 58.8 Å². The molecule has 1 aliphatic heterocycles. The Kier molecular flexibility index (Phi) is 7.46. The van der Waals surface area contributed by atoms with Crippen LogP contribution >= 0.6 is 0 Å². The Hall–Kier alpha value is -3.78. The van der Waals surface area contributed by atoms with Crippen molar-refractivity contribution in [1.82, 2.24) is 4.98 Å². The molecule has 2 aromatic carbocycles. The number of fused-ring (bicyclic) bond motifs is 1. The van der Waals surface area contributed by atoms with E-state index >= 15 is 0 Å². The zero-order chi connectivity index (χ0) is 25.8. The number of hydrogen-bond acceptors (Lipinski definition) is 9. The second-order valence-corrected chi connectivity index (χ2v) is 8.85. The number of pyridine rings is 1. The molecule has 0 bridgehead atoms. The fraction of sp³-hybridized carbons (Fsp3) is 0.286. The monoisotopic (exact) mass is 502 g/mol. The molecule has 9 heteroatoms. The summed E-state index contributed by atoms with van der Waals surface area (Å²) in [5.74, 6) is 0.509. The van der Waals surface area contributed by atoms with E-state index in [-0.39, 0.29) is 19.1 Å². The van der Waals surface area contributed by atoms with E-state index in [0.717, 1.165) is 21.9 Å². The first-order chi connectivity index (χ1) is 18.0. The zero-order valence-corrected chi connectivity index (χ0v) is 19.9. The lowest BCUT2D eigenvalue weighted by molar-refractivity contribution is -0.149. The van der Waals surface area contributed by atoms with E-state index in [4.69, 9.17) is 18.6 Å². The molecule has 1 saturated heterocycles. The van der Waals surface area contributed by atoms with Gasteiger partial charge in [-0.3, -0.25) is 0 Å². The predicted octanol–water partition coefficient (Wildman–Crippen LogP) is 3.98. The van der Waals surface area contributed by atoms with Crippen molar-refractivity contribution in [2.24, 2.45) is 0 Å². The third-order valence-electron chi connectivity index (χ3n) is 6.29. The standard InChI is InChI=1S/C28H26N2O7/c29-13-17-8-19-10-21(4-5-23(19)24(9-17)18-6-7-34-15-18)35-16-36-28(33)26-3-1-2-25(30-26)27-12-20(32)11-22(14-31)37-27/h1-10,15,20,22,27-28,31-33H,11-12,14,16H2. The molecule has 0 saturated carbocycles. The third kappa shape index (κ3) is 5.64. The van der Waals surface area contributed by atoms with Crippen LogP contribution in [0.1, 0.15) is 42.2 Å². The fourth-order valence-corrected chi connectivity index (χ4v) is 4.49. The van der Waals surface area contributed by atoms with Gasteiger partial charge in [0.1, 0.15) is 11.9 Å². The fourth-order valence-electron chi connectivity index (χ4n) is 4.49. The summed E-state index contributed by atoms with van der Waals surface area (Å²) < 4.78 is 22.2.